The van der Waals surface area contributed by atoms with Crippen LogP contribution in [0.15, 0.2) is 23.3 Å². The van der Waals surface area contributed by atoms with Gasteiger partial charge in [0.2, 0.25) is 0 Å². The van der Waals surface area contributed by atoms with Gasteiger partial charge in [-0.05, 0) is 25.1 Å². The molecule has 1 aromatic rings. The summed E-state index contributed by atoms with van der Waals surface area (Å²) in [7, 11) is 0. The molecule has 0 spiro atoms. The molecule has 0 bridgehead atoms. The van der Waals surface area contributed by atoms with Crippen molar-refractivity contribution in [2.45, 2.75) is 45.1 Å². The summed E-state index contributed by atoms with van der Waals surface area (Å²) >= 11 is 0. The number of pyridine rings is 1. The fourth-order valence-corrected chi connectivity index (χ4v) is 2.97. The lowest BCUT2D eigenvalue weighted by molar-refractivity contribution is 0.131. The predicted molar refractivity (Wildman–Crippen MR) is 82.7 cm³/mol. The van der Waals surface area contributed by atoms with Crippen LogP contribution in [0.25, 0.3) is 0 Å². The van der Waals surface area contributed by atoms with Crippen molar-refractivity contribution in [2.75, 3.05) is 6.54 Å². The molecule has 1 aliphatic rings. The van der Waals surface area contributed by atoms with E-state index in [0.717, 1.165) is 30.6 Å². The minimum atomic E-state index is -0.653. The topological polar surface area (TPSA) is 103 Å². The molecule has 5 heteroatoms. The van der Waals surface area contributed by atoms with E-state index >= 15 is 0 Å². The summed E-state index contributed by atoms with van der Waals surface area (Å²) in [5.41, 5.74) is 19.6. The monoisotopic (exact) mass is 275 g/mol. The third-order valence-corrected chi connectivity index (χ3v) is 4.54. The summed E-state index contributed by atoms with van der Waals surface area (Å²) in [6.45, 7) is 4.82. The fourth-order valence-electron chi connectivity index (χ4n) is 2.97. The smallest absolute Gasteiger partial charge is 0.102 e. The van der Waals surface area contributed by atoms with E-state index in [2.05, 4.69) is 23.8 Å². The summed E-state index contributed by atoms with van der Waals surface area (Å²) in [6, 6.07) is 3.76. The first kappa shape index (κ1) is 14.9. The number of amidine groups is 1. The van der Waals surface area contributed by atoms with E-state index in [0.29, 0.717) is 18.8 Å². The van der Waals surface area contributed by atoms with Crippen molar-refractivity contribution in [3.63, 3.8) is 0 Å². The summed E-state index contributed by atoms with van der Waals surface area (Å²) in [4.78, 5) is 8.87. The van der Waals surface area contributed by atoms with Crippen LogP contribution in [0.3, 0.4) is 0 Å². The molecule has 0 amide bonds. The molecule has 0 aliphatic carbocycles. The number of aliphatic imine (C=N–C) groups is 1. The quantitative estimate of drug-likeness (QED) is 0.762. The largest absolute Gasteiger partial charge is 0.387 e. The van der Waals surface area contributed by atoms with Crippen LogP contribution in [0.2, 0.25) is 0 Å². The number of aromatic nitrogens is 1. The van der Waals surface area contributed by atoms with Crippen molar-refractivity contribution in [3.8, 4) is 0 Å². The summed E-state index contributed by atoms with van der Waals surface area (Å²) in [5, 5.41) is 0. The number of hydrogen-bond donors (Lipinski definition) is 3. The maximum absolute atomic E-state index is 6.79. The molecule has 0 fully saturated rings. The molecule has 0 saturated carbocycles. The van der Waals surface area contributed by atoms with E-state index in [-0.39, 0.29) is 5.41 Å². The normalized spacial score (nSPS) is 24.7. The van der Waals surface area contributed by atoms with E-state index in [1.165, 1.54) is 0 Å². The second-order valence-corrected chi connectivity index (χ2v) is 5.99. The Hall–Kier alpha value is -1.46. The van der Waals surface area contributed by atoms with Crippen LogP contribution in [0, 0.1) is 5.41 Å². The van der Waals surface area contributed by atoms with Crippen molar-refractivity contribution >= 4 is 11.5 Å². The number of nitrogens with two attached hydrogens (primary N) is 3. The van der Waals surface area contributed by atoms with Crippen molar-refractivity contribution in [1.29, 1.82) is 0 Å². The molecule has 1 aromatic heterocycles. The summed E-state index contributed by atoms with van der Waals surface area (Å²) < 4.78 is 0. The van der Waals surface area contributed by atoms with Gasteiger partial charge in [-0.3, -0.25) is 4.98 Å². The molecule has 5 nitrogen and oxygen atoms in total. The van der Waals surface area contributed by atoms with Gasteiger partial charge in [0.25, 0.3) is 0 Å². The van der Waals surface area contributed by atoms with Crippen molar-refractivity contribution in [3.05, 3.63) is 24.0 Å². The summed E-state index contributed by atoms with van der Waals surface area (Å²) in [6.07, 6.45) is 5.43. The highest BCUT2D eigenvalue weighted by Gasteiger charge is 2.49. The standard InChI is InChI=1S/C15H25N5/c1-3-4-7-14(2,10-16)15(18)9-12(17)20-11-6-5-8-19-13(11)15/h5-6,8H,3-4,7,9-10,16,18H2,1-2H3,(H2,17,20). The first-order valence-electron chi connectivity index (χ1n) is 7.24. The van der Waals surface area contributed by atoms with Crippen LogP contribution in [0.4, 0.5) is 5.69 Å². The van der Waals surface area contributed by atoms with Gasteiger partial charge >= 0.3 is 0 Å². The SMILES string of the molecule is CCCCC(C)(CN)C1(N)CC(N)=Nc2cccnc21. The van der Waals surface area contributed by atoms with Crippen LogP contribution in [-0.4, -0.2) is 17.4 Å². The van der Waals surface area contributed by atoms with Gasteiger partial charge in [0.05, 0.1) is 16.9 Å². The number of nitrogens with zero attached hydrogens (tertiary/aromatic N) is 2. The second-order valence-electron chi connectivity index (χ2n) is 5.99. The van der Waals surface area contributed by atoms with E-state index in [9.17, 15) is 0 Å². The van der Waals surface area contributed by atoms with Crippen LogP contribution in [-0.2, 0) is 5.54 Å². The molecule has 1 aliphatic heterocycles. The fraction of sp³-hybridized carbons (Fsp3) is 0.600. The van der Waals surface area contributed by atoms with Crippen molar-refractivity contribution in [1.82, 2.24) is 4.98 Å². The van der Waals surface area contributed by atoms with Crippen LogP contribution >= 0.6 is 0 Å². The molecule has 6 N–H and O–H groups in total. The third-order valence-electron chi connectivity index (χ3n) is 4.54. The Morgan fingerprint density at radius 2 is 2.20 bits per heavy atom. The molecule has 110 valence electrons. The maximum Gasteiger partial charge on any atom is 0.102 e. The molecule has 2 unspecified atom stereocenters. The van der Waals surface area contributed by atoms with Gasteiger partial charge in [-0.1, -0.05) is 26.7 Å². The molecule has 20 heavy (non-hydrogen) atoms. The van der Waals surface area contributed by atoms with Crippen molar-refractivity contribution in [2.24, 2.45) is 27.6 Å². The highest BCUT2D eigenvalue weighted by atomic mass is 15.0. The van der Waals surface area contributed by atoms with Gasteiger partial charge < -0.3 is 17.2 Å². The van der Waals surface area contributed by atoms with Crippen LogP contribution in [0.1, 0.15) is 45.2 Å². The Balaban J connectivity index is 2.50. The Morgan fingerprint density at radius 1 is 1.45 bits per heavy atom. The minimum absolute atomic E-state index is 0.243. The van der Waals surface area contributed by atoms with Gasteiger partial charge in [-0.15, -0.1) is 0 Å². The molecule has 2 heterocycles. The number of hydrogen-bond acceptors (Lipinski definition) is 5. The highest BCUT2D eigenvalue weighted by Crippen LogP contribution is 2.47. The van der Waals surface area contributed by atoms with Gasteiger partial charge in [0.1, 0.15) is 5.84 Å². The van der Waals surface area contributed by atoms with Gasteiger partial charge in [-0.25, -0.2) is 4.99 Å². The van der Waals surface area contributed by atoms with E-state index in [1.54, 1.807) is 6.20 Å². The van der Waals surface area contributed by atoms with E-state index in [1.807, 2.05) is 12.1 Å². The molecule has 0 radical (unpaired) electrons. The lowest BCUT2D eigenvalue weighted by Crippen LogP contribution is -2.58. The zero-order valence-electron chi connectivity index (χ0n) is 12.4. The molecule has 0 saturated heterocycles. The third kappa shape index (κ3) is 2.31. The predicted octanol–water partition coefficient (Wildman–Crippen LogP) is 1.78. The highest BCUT2D eigenvalue weighted by molar-refractivity contribution is 5.87. The Morgan fingerprint density at radius 3 is 2.85 bits per heavy atom. The zero-order chi connectivity index (χ0) is 14.8. The van der Waals surface area contributed by atoms with Crippen LogP contribution < -0.4 is 17.2 Å². The molecule has 0 aromatic carbocycles. The first-order chi connectivity index (χ1) is 9.47. The maximum atomic E-state index is 6.79. The number of rotatable bonds is 5. The van der Waals surface area contributed by atoms with Gasteiger partial charge in [0, 0.05) is 18.0 Å². The molecular formula is C15H25N5. The number of fused-ring (bicyclic) bond motifs is 1. The average Bonchev–Trinajstić information content (AvgIpc) is 2.44. The van der Waals surface area contributed by atoms with Crippen molar-refractivity contribution < 1.29 is 0 Å². The zero-order valence-corrected chi connectivity index (χ0v) is 12.4. The van der Waals surface area contributed by atoms with Gasteiger partial charge in [0.15, 0.2) is 0 Å². The second kappa shape index (κ2) is 5.50. The minimum Gasteiger partial charge on any atom is -0.387 e. The molecular weight excluding hydrogens is 250 g/mol. The Kier molecular flexibility index (Phi) is 4.11. The molecule has 2 rings (SSSR count). The van der Waals surface area contributed by atoms with E-state index in [4.69, 9.17) is 17.2 Å². The number of unbranched alkanes of at least 4 members (excludes halogenated alkanes) is 1. The van der Waals surface area contributed by atoms with E-state index < -0.39 is 5.54 Å². The first-order valence-corrected chi connectivity index (χ1v) is 7.24. The van der Waals surface area contributed by atoms with Gasteiger partial charge in [-0.2, -0.15) is 0 Å². The summed E-state index contributed by atoms with van der Waals surface area (Å²) in [5.74, 6) is 0.559. The molecule has 2 atom stereocenters. The Bertz CT molecular complexity index is 513. The lowest BCUT2D eigenvalue weighted by atomic mass is 9.63. The Labute approximate surface area is 120 Å². The van der Waals surface area contributed by atoms with Crippen LogP contribution in [0.5, 0.6) is 0 Å². The lowest BCUT2D eigenvalue weighted by Gasteiger charge is -2.47. The average molecular weight is 275 g/mol.